The first kappa shape index (κ1) is 13.6. The van der Waals surface area contributed by atoms with Crippen molar-refractivity contribution in [3.8, 4) is 0 Å². The number of anilines is 1. The van der Waals surface area contributed by atoms with Gasteiger partial charge in [0.1, 0.15) is 0 Å². The fourth-order valence-corrected chi connectivity index (χ4v) is 3.17. The Morgan fingerprint density at radius 3 is 2.67 bits per heavy atom. The average Bonchev–Trinajstić information content (AvgIpc) is 2.78. The molecule has 0 saturated heterocycles. The normalized spacial score (nSPS) is 11.0. The number of hydrogen-bond donors (Lipinski definition) is 3. The summed E-state index contributed by atoms with van der Waals surface area (Å²) < 4.78 is 0. The summed E-state index contributed by atoms with van der Waals surface area (Å²) in [4.78, 5) is 29.2. The Labute approximate surface area is 123 Å². The summed E-state index contributed by atoms with van der Waals surface area (Å²) in [7, 11) is 0. The number of fused-ring (bicyclic) bond motifs is 1. The number of nitrogens with zero attached hydrogens (tertiary/aromatic N) is 1. The molecule has 0 radical (unpaired) electrons. The monoisotopic (exact) mass is 302 g/mol. The number of aromatic nitrogens is 3. The highest BCUT2D eigenvalue weighted by molar-refractivity contribution is 7.11. The van der Waals surface area contributed by atoms with Crippen LogP contribution in [0.3, 0.4) is 0 Å². The van der Waals surface area contributed by atoms with Crippen molar-refractivity contribution in [1.29, 1.82) is 0 Å². The highest BCUT2D eigenvalue weighted by atomic mass is 32.1. The van der Waals surface area contributed by atoms with Crippen molar-refractivity contribution in [2.24, 2.45) is 0 Å². The summed E-state index contributed by atoms with van der Waals surface area (Å²) >= 11 is 1.62. The van der Waals surface area contributed by atoms with Gasteiger partial charge in [-0.2, -0.15) is 0 Å². The van der Waals surface area contributed by atoms with Gasteiger partial charge in [-0.25, -0.2) is 4.98 Å². The van der Waals surface area contributed by atoms with E-state index in [0.717, 1.165) is 15.6 Å². The van der Waals surface area contributed by atoms with Gasteiger partial charge in [-0.15, -0.1) is 11.3 Å². The first-order valence-corrected chi connectivity index (χ1v) is 7.28. The van der Waals surface area contributed by atoms with Crippen LogP contribution in [0.5, 0.6) is 0 Å². The summed E-state index contributed by atoms with van der Waals surface area (Å²) in [5.41, 5.74) is 1.00. The maximum Gasteiger partial charge on any atom is 0.272 e. The highest BCUT2D eigenvalue weighted by Gasteiger charge is 2.09. The number of nitrogens with one attached hydrogen (secondary N) is 3. The molecule has 2 heterocycles. The molecule has 7 heteroatoms. The molecule has 108 valence electrons. The molecule has 0 atom stereocenters. The van der Waals surface area contributed by atoms with Gasteiger partial charge in [0.25, 0.3) is 11.1 Å². The summed E-state index contributed by atoms with van der Waals surface area (Å²) in [5, 5.41) is 9.67. The molecule has 0 aliphatic carbocycles. The third-order valence-corrected chi connectivity index (χ3v) is 4.34. The van der Waals surface area contributed by atoms with Crippen molar-refractivity contribution in [2.45, 2.75) is 20.4 Å². The molecular formula is C14H14N4O2S. The lowest BCUT2D eigenvalue weighted by Gasteiger charge is -2.08. The van der Waals surface area contributed by atoms with Crippen molar-refractivity contribution in [3.05, 3.63) is 54.5 Å². The minimum absolute atomic E-state index is 0.307. The first-order chi connectivity index (χ1) is 10.1. The van der Waals surface area contributed by atoms with Crippen LogP contribution in [0.4, 0.5) is 5.69 Å². The molecule has 0 aliphatic rings. The van der Waals surface area contributed by atoms with Gasteiger partial charge in [-0.1, -0.05) is 6.07 Å². The minimum atomic E-state index is -0.315. The Kier molecular flexibility index (Phi) is 3.34. The first-order valence-electron chi connectivity index (χ1n) is 6.46. The van der Waals surface area contributed by atoms with Gasteiger partial charge in [0.05, 0.1) is 28.0 Å². The van der Waals surface area contributed by atoms with E-state index in [1.807, 2.05) is 13.8 Å². The predicted octanol–water partition coefficient (Wildman–Crippen LogP) is 1.90. The standard InChI is InChI=1S/C14H14N4O2S/c1-7-11(21-8(2)16-7)6-15-10-5-3-4-9-12(10)14(20)18-17-13(9)19/h3-5,15H,6H2,1-2H3,(H,17,19)(H,18,20). The smallest absolute Gasteiger partial charge is 0.272 e. The second-order valence-corrected chi connectivity index (χ2v) is 6.02. The van der Waals surface area contributed by atoms with Gasteiger partial charge in [-0.3, -0.25) is 19.8 Å². The summed E-state index contributed by atoms with van der Waals surface area (Å²) in [6, 6.07) is 5.18. The van der Waals surface area contributed by atoms with E-state index in [0.29, 0.717) is 23.0 Å². The Balaban J connectivity index is 2.02. The summed E-state index contributed by atoms with van der Waals surface area (Å²) in [5.74, 6) is 0. The number of aromatic amines is 2. The van der Waals surface area contributed by atoms with Crippen LogP contribution in [0.1, 0.15) is 15.6 Å². The van der Waals surface area contributed by atoms with E-state index in [2.05, 4.69) is 20.5 Å². The minimum Gasteiger partial charge on any atom is -0.379 e. The van der Waals surface area contributed by atoms with Crippen LogP contribution in [0, 0.1) is 13.8 Å². The van der Waals surface area contributed by atoms with E-state index >= 15 is 0 Å². The maximum absolute atomic E-state index is 12.0. The predicted molar refractivity (Wildman–Crippen MR) is 84.1 cm³/mol. The number of rotatable bonds is 3. The van der Waals surface area contributed by atoms with Gasteiger partial charge in [0, 0.05) is 10.6 Å². The van der Waals surface area contributed by atoms with Gasteiger partial charge in [-0.05, 0) is 26.0 Å². The van der Waals surface area contributed by atoms with Crippen LogP contribution in [0.15, 0.2) is 27.8 Å². The molecule has 0 saturated carbocycles. The number of H-pyrrole nitrogens is 2. The highest BCUT2D eigenvalue weighted by Crippen LogP contribution is 2.21. The molecule has 3 aromatic rings. The zero-order valence-electron chi connectivity index (χ0n) is 11.6. The SMILES string of the molecule is Cc1nc(C)c(CNc2cccc3c(=O)[nH][nH]c(=O)c23)s1. The van der Waals surface area contributed by atoms with Crippen LogP contribution in [0.25, 0.3) is 10.8 Å². The fourth-order valence-electron chi connectivity index (χ4n) is 2.29. The van der Waals surface area contributed by atoms with Gasteiger partial charge >= 0.3 is 0 Å². The molecule has 0 bridgehead atoms. The van der Waals surface area contributed by atoms with E-state index in [4.69, 9.17) is 0 Å². The molecule has 0 unspecified atom stereocenters. The molecule has 0 aliphatic heterocycles. The Morgan fingerprint density at radius 1 is 1.19 bits per heavy atom. The van der Waals surface area contributed by atoms with Crippen molar-refractivity contribution in [3.63, 3.8) is 0 Å². The third kappa shape index (κ3) is 2.47. The van der Waals surface area contributed by atoms with Crippen molar-refractivity contribution in [2.75, 3.05) is 5.32 Å². The third-order valence-electron chi connectivity index (χ3n) is 3.26. The molecule has 6 nitrogen and oxygen atoms in total. The molecule has 0 amide bonds. The lowest BCUT2D eigenvalue weighted by atomic mass is 10.1. The zero-order valence-corrected chi connectivity index (χ0v) is 12.4. The van der Waals surface area contributed by atoms with E-state index in [-0.39, 0.29) is 11.1 Å². The Hall–Kier alpha value is -2.41. The fraction of sp³-hybridized carbons (Fsp3) is 0.214. The van der Waals surface area contributed by atoms with Crippen LogP contribution < -0.4 is 16.4 Å². The largest absolute Gasteiger partial charge is 0.379 e. The quantitative estimate of drug-likeness (QED) is 0.689. The second-order valence-electron chi connectivity index (χ2n) is 4.73. The number of thiazole rings is 1. The average molecular weight is 302 g/mol. The van der Waals surface area contributed by atoms with Crippen LogP contribution in [0.2, 0.25) is 0 Å². The van der Waals surface area contributed by atoms with Gasteiger partial charge < -0.3 is 5.32 Å². The molecular weight excluding hydrogens is 288 g/mol. The maximum atomic E-state index is 12.0. The zero-order chi connectivity index (χ0) is 15.0. The van der Waals surface area contributed by atoms with E-state index in [1.165, 1.54) is 0 Å². The second kappa shape index (κ2) is 5.17. The van der Waals surface area contributed by atoms with E-state index in [1.54, 1.807) is 29.5 Å². The van der Waals surface area contributed by atoms with Crippen LogP contribution in [-0.4, -0.2) is 15.2 Å². The van der Waals surface area contributed by atoms with E-state index in [9.17, 15) is 9.59 Å². The Morgan fingerprint density at radius 2 is 1.95 bits per heavy atom. The van der Waals surface area contributed by atoms with Gasteiger partial charge in [0.15, 0.2) is 0 Å². The number of benzene rings is 1. The van der Waals surface area contributed by atoms with Crippen molar-refractivity contribution < 1.29 is 0 Å². The van der Waals surface area contributed by atoms with Crippen molar-refractivity contribution in [1.82, 2.24) is 15.2 Å². The molecule has 2 aromatic heterocycles. The molecule has 21 heavy (non-hydrogen) atoms. The lowest BCUT2D eigenvalue weighted by molar-refractivity contribution is 0.976. The van der Waals surface area contributed by atoms with Crippen LogP contribution in [-0.2, 0) is 6.54 Å². The number of aryl methyl sites for hydroxylation is 2. The molecule has 1 aromatic carbocycles. The number of hydrogen-bond acceptors (Lipinski definition) is 5. The Bertz CT molecular complexity index is 923. The summed E-state index contributed by atoms with van der Waals surface area (Å²) in [6.45, 7) is 4.49. The topological polar surface area (TPSA) is 90.6 Å². The van der Waals surface area contributed by atoms with Crippen LogP contribution >= 0.6 is 11.3 Å². The van der Waals surface area contributed by atoms with Crippen molar-refractivity contribution >= 4 is 27.8 Å². The van der Waals surface area contributed by atoms with E-state index < -0.39 is 0 Å². The van der Waals surface area contributed by atoms with Gasteiger partial charge in [0.2, 0.25) is 0 Å². The molecule has 0 fully saturated rings. The summed E-state index contributed by atoms with van der Waals surface area (Å²) in [6.07, 6.45) is 0. The molecule has 3 rings (SSSR count). The molecule has 3 N–H and O–H groups in total. The molecule has 0 spiro atoms. The lowest BCUT2D eigenvalue weighted by Crippen LogP contribution is -2.20.